The molecule has 1 rings (SSSR count). The van der Waals surface area contributed by atoms with Gasteiger partial charge < -0.3 is 15.2 Å². The van der Waals surface area contributed by atoms with Gasteiger partial charge in [-0.15, -0.1) is 0 Å². The third kappa shape index (κ3) is 3.15. The molecule has 0 spiro atoms. The summed E-state index contributed by atoms with van der Waals surface area (Å²) in [7, 11) is 1.47. The van der Waals surface area contributed by atoms with Gasteiger partial charge in [-0.1, -0.05) is 13.8 Å². The number of ether oxygens (including phenoxy) is 1. The van der Waals surface area contributed by atoms with E-state index in [0.717, 1.165) is 0 Å². The fourth-order valence-electron chi connectivity index (χ4n) is 1.23. The molecule has 1 aromatic carbocycles. The minimum Gasteiger partial charge on any atom is -0.504 e. The lowest BCUT2D eigenvalue weighted by Gasteiger charge is -2.09. The lowest BCUT2D eigenvalue weighted by atomic mass is 10.1. The quantitative estimate of drug-likeness (QED) is 0.818. The van der Waals surface area contributed by atoms with Gasteiger partial charge in [0.15, 0.2) is 11.5 Å². The smallest absolute Gasteiger partial charge is 0.251 e. The van der Waals surface area contributed by atoms with Crippen molar-refractivity contribution >= 4 is 5.91 Å². The number of aromatic hydroxyl groups is 1. The third-order valence-corrected chi connectivity index (χ3v) is 2.11. The van der Waals surface area contributed by atoms with Crippen LogP contribution in [0.3, 0.4) is 0 Å². The number of amides is 1. The van der Waals surface area contributed by atoms with Crippen molar-refractivity contribution in [2.45, 2.75) is 13.8 Å². The predicted octanol–water partition coefficient (Wildman–Crippen LogP) is 1.79. The number of hydrogen-bond acceptors (Lipinski definition) is 3. The molecule has 0 aliphatic carbocycles. The van der Waals surface area contributed by atoms with Gasteiger partial charge in [0.2, 0.25) is 0 Å². The second-order valence-corrected chi connectivity index (χ2v) is 3.99. The van der Waals surface area contributed by atoms with E-state index in [1.165, 1.54) is 13.2 Å². The van der Waals surface area contributed by atoms with E-state index in [-0.39, 0.29) is 11.7 Å². The number of phenolic OH excluding ortho intramolecular Hbond substituents is 1. The molecule has 1 amide bonds. The molecule has 0 saturated heterocycles. The van der Waals surface area contributed by atoms with Gasteiger partial charge in [-0.25, -0.2) is 0 Å². The number of hydrogen-bond donors (Lipinski definition) is 2. The van der Waals surface area contributed by atoms with E-state index in [9.17, 15) is 9.90 Å². The molecular formula is C12H17NO3. The fraction of sp³-hybridized carbons (Fsp3) is 0.417. The van der Waals surface area contributed by atoms with Gasteiger partial charge in [-0.2, -0.15) is 0 Å². The van der Waals surface area contributed by atoms with Crippen molar-refractivity contribution in [2.24, 2.45) is 5.92 Å². The minimum atomic E-state index is -0.188. The summed E-state index contributed by atoms with van der Waals surface area (Å²) in [6.07, 6.45) is 0. The van der Waals surface area contributed by atoms with E-state index in [1.807, 2.05) is 13.8 Å². The Morgan fingerprint density at radius 1 is 1.50 bits per heavy atom. The molecule has 0 aliphatic rings. The van der Waals surface area contributed by atoms with E-state index in [2.05, 4.69) is 5.32 Å². The summed E-state index contributed by atoms with van der Waals surface area (Å²) in [4.78, 5) is 11.6. The van der Waals surface area contributed by atoms with Crippen molar-refractivity contribution in [2.75, 3.05) is 13.7 Å². The Morgan fingerprint density at radius 2 is 2.19 bits per heavy atom. The van der Waals surface area contributed by atoms with Crippen LogP contribution in [0.2, 0.25) is 0 Å². The van der Waals surface area contributed by atoms with Gasteiger partial charge in [0.25, 0.3) is 5.91 Å². The molecule has 0 aliphatic heterocycles. The van der Waals surface area contributed by atoms with E-state index in [0.29, 0.717) is 23.8 Å². The number of carbonyl (C=O) groups is 1. The number of carbonyl (C=O) groups excluding carboxylic acids is 1. The van der Waals surface area contributed by atoms with Gasteiger partial charge in [0.05, 0.1) is 7.11 Å². The van der Waals surface area contributed by atoms with Crippen molar-refractivity contribution < 1.29 is 14.6 Å². The summed E-state index contributed by atoms with van der Waals surface area (Å²) < 4.78 is 4.90. The molecule has 2 N–H and O–H groups in total. The zero-order chi connectivity index (χ0) is 12.1. The predicted molar refractivity (Wildman–Crippen MR) is 61.8 cm³/mol. The van der Waals surface area contributed by atoms with Crippen molar-refractivity contribution in [3.05, 3.63) is 23.8 Å². The molecule has 4 heteroatoms. The molecule has 16 heavy (non-hydrogen) atoms. The Hall–Kier alpha value is -1.71. The fourth-order valence-corrected chi connectivity index (χ4v) is 1.23. The van der Waals surface area contributed by atoms with Crippen LogP contribution in [-0.2, 0) is 0 Å². The molecule has 0 radical (unpaired) electrons. The highest BCUT2D eigenvalue weighted by atomic mass is 16.5. The van der Waals surface area contributed by atoms with Crippen LogP contribution in [0, 0.1) is 5.92 Å². The molecule has 0 bridgehead atoms. The van der Waals surface area contributed by atoms with E-state index in [4.69, 9.17) is 4.74 Å². The Kier molecular flexibility index (Phi) is 4.17. The number of rotatable bonds is 4. The Labute approximate surface area is 95.2 Å². The van der Waals surface area contributed by atoms with Crippen LogP contribution >= 0.6 is 0 Å². The molecule has 0 fully saturated rings. The molecule has 0 aromatic heterocycles. The average molecular weight is 223 g/mol. The van der Waals surface area contributed by atoms with Crippen molar-refractivity contribution in [1.82, 2.24) is 5.32 Å². The van der Waals surface area contributed by atoms with Crippen molar-refractivity contribution in [1.29, 1.82) is 0 Å². The molecule has 1 aromatic rings. The highest BCUT2D eigenvalue weighted by Gasteiger charge is 2.09. The van der Waals surface area contributed by atoms with Crippen LogP contribution in [0.4, 0.5) is 0 Å². The molecule has 0 unspecified atom stereocenters. The lowest BCUT2D eigenvalue weighted by molar-refractivity contribution is 0.0948. The van der Waals surface area contributed by atoms with Crippen molar-refractivity contribution in [3.63, 3.8) is 0 Å². The van der Waals surface area contributed by atoms with Gasteiger partial charge >= 0.3 is 0 Å². The second-order valence-electron chi connectivity index (χ2n) is 3.99. The molecule has 4 nitrogen and oxygen atoms in total. The Bertz CT molecular complexity index is 375. The number of methoxy groups -OCH3 is 1. The van der Waals surface area contributed by atoms with Crippen molar-refractivity contribution in [3.8, 4) is 11.5 Å². The topological polar surface area (TPSA) is 58.6 Å². The minimum absolute atomic E-state index is 0.0281. The normalized spacial score (nSPS) is 10.2. The standard InChI is InChI=1S/C12H17NO3/c1-8(2)7-13-12(15)9-4-5-11(16-3)10(14)6-9/h4-6,8,14H,7H2,1-3H3,(H,13,15). The third-order valence-electron chi connectivity index (χ3n) is 2.11. The number of phenols is 1. The van der Waals surface area contributed by atoms with E-state index >= 15 is 0 Å². The summed E-state index contributed by atoms with van der Waals surface area (Å²) in [5.74, 6) is 0.544. The van der Waals surface area contributed by atoms with Crippen LogP contribution in [0.25, 0.3) is 0 Å². The molecule has 0 saturated carbocycles. The number of benzene rings is 1. The first-order valence-corrected chi connectivity index (χ1v) is 5.19. The first kappa shape index (κ1) is 12.4. The van der Waals surface area contributed by atoms with Gasteiger partial charge in [-0.3, -0.25) is 4.79 Å². The largest absolute Gasteiger partial charge is 0.504 e. The van der Waals surface area contributed by atoms with Crippen LogP contribution in [-0.4, -0.2) is 24.7 Å². The highest BCUT2D eigenvalue weighted by molar-refractivity contribution is 5.94. The molecular weight excluding hydrogens is 206 g/mol. The Balaban J connectivity index is 2.73. The monoisotopic (exact) mass is 223 g/mol. The SMILES string of the molecule is COc1ccc(C(=O)NCC(C)C)cc1O. The van der Waals surface area contributed by atoms with Crippen LogP contribution in [0.15, 0.2) is 18.2 Å². The maximum absolute atomic E-state index is 11.6. The van der Waals surface area contributed by atoms with Crippen LogP contribution in [0.1, 0.15) is 24.2 Å². The lowest BCUT2D eigenvalue weighted by Crippen LogP contribution is -2.27. The van der Waals surface area contributed by atoms with E-state index < -0.39 is 0 Å². The zero-order valence-electron chi connectivity index (χ0n) is 9.78. The zero-order valence-corrected chi connectivity index (χ0v) is 9.78. The first-order valence-electron chi connectivity index (χ1n) is 5.19. The van der Waals surface area contributed by atoms with Gasteiger partial charge in [0.1, 0.15) is 0 Å². The summed E-state index contributed by atoms with van der Waals surface area (Å²) in [6, 6.07) is 4.59. The summed E-state index contributed by atoms with van der Waals surface area (Å²) in [6.45, 7) is 4.66. The molecule has 88 valence electrons. The Morgan fingerprint density at radius 3 is 2.69 bits per heavy atom. The van der Waals surface area contributed by atoms with Crippen LogP contribution < -0.4 is 10.1 Å². The molecule has 0 atom stereocenters. The highest BCUT2D eigenvalue weighted by Crippen LogP contribution is 2.25. The maximum atomic E-state index is 11.6. The summed E-state index contributed by atoms with van der Waals surface area (Å²) >= 11 is 0. The summed E-state index contributed by atoms with van der Waals surface area (Å²) in [5, 5.41) is 12.3. The second kappa shape index (κ2) is 5.39. The van der Waals surface area contributed by atoms with Gasteiger partial charge in [0, 0.05) is 12.1 Å². The summed E-state index contributed by atoms with van der Waals surface area (Å²) in [5.41, 5.74) is 0.430. The van der Waals surface area contributed by atoms with Gasteiger partial charge in [-0.05, 0) is 24.1 Å². The van der Waals surface area contributed by atoms with E-state index in [1.54, 1.807) is 12.1 Å². The average Bonchev–Trinajstić information content (AvgIpc) is 2.25. The number of nitrogens with one attached hydrogen (secondary N) is 1. The maximum Gasteiger partial charge on any atom is 0.251 e. The molecule has 0 heterocycles. The van der Waals surface area contributed by atoms with Crippen LogP contribution in [0.5, 0.6) is 11.5 Å². The first-order chi connectivity index (χ1) is 7.54.